The monoisotopic (exact) mass is 341 g/mol. The van der Waals surface area contributed by atoms with Gasteiger partial charge >= 0.3 is 6.09 Å². The lowest BCUT2D eigenvalue weighted by Crippen LogP contribution is -2.27. The van der Waals surface area contributed by atoms with Crippen molar-refractivity contribution in [2.45, 2.75) is 32.8 Å². The first-order valence-electron chi connectivity index (χ1n) is 7.77. The number of anilines is 4. The Morgan fingerprint density at radius 3 is 2.80 bits per heavy atom. The molecule has 1 aromatic carbocycles. The van der Waals surface area contributed by atoms with Gasteiger partial charge in [-0.25, -0.2) is 14.8 Å². The number of carbonyl (C=O) groups excluding carboxylic acids is 2. The van der Waals surface area contributed by atoms with E-state index < -0.39 is 11.7 Å². The molecule has 0 saturated heterocycles. The molecule has 8 heteroatoms. The van der Waals surface area contributed by atoms with Crippen LogP contribution in [0.5, 0.6) is 0 Å². The summed E-state index contributed by atoms with van der Waals surface area (Å²) in [5.41, 5.74) is 6.93. The number of hydrogen-bond donors (Lipinski definition) is 2. The van der Waals surface area contributed by atoms with Gasteiger partial charge in [0.1, 0.15) is 23.6 Å². The second-order valence-corrected chi connectivity index (χ2v) is 6.64. The Morgan fingerprint density at radius 2 is 2.08 bits per heavy atom. The number of rotatable bonds is 2. The number of nitrogens with two attached hydrogens (primary N) is 1. The van der Waals surface area contributed by atoms with E-state index in [1.165, 1.54) is 11.2 Å². The molecule has 1 aromatic heterocycles. The van der Waals surface area contributed by atoms with Gasteiger partial charge in [0.15, 0.2) is 0 Å². The van der Waals surface area contributed by atoms with Crippen molar-refractivity contribution in [1.29, 1.82) is 0 Å². The Morgan fingerprint density at radius 1 is 1.32 bits per heavy atom. The highest BCUT2D eigenvalue weighted by atomic mass is 16.6. The smallest absolute Gasteiger partial charge is 0.412 e. The lowest BCUT2D eigenvalue weighted by molar-refractivity contribution is -0.116. The Labute approximate surface area is 145 Å². The highest BCUT2D eigenvalue weighted by Gasteiger charge is 2.32. The molecule has 0 fully saturated rings. The van der Waals surface area contributed by atoms with E-state index in [1.54, 1.807) is 45.0 Å². The van der Waals surface area contributed by atoms with Crippen LogP contribution in [0.2, 0.25) is 0 Å². The predicted octanol–water partition coefficient (Wildman–Crippen LogP) is 2.63. The molecule has 0 aliphatic carbocycles. The van der Waals surface area contributed by atoms with Crippen LogP contribution < -0.4 is 16.0 Å². The van der Waals surface area contributed by atoms with Crippen LogP contribution >= 0.6 is 0 Å². The van der Waals surface area contributed by atoms with E-state index in [4.69, 9.17) is 10.5 Å². The number of aromatic nitrogens is 2. The standard InChI is InChI=1S/C17H19N5O3/c1-17(2,3)25-16(24)21-10-5-4-6-11(7-10)22-13(23)8-12-14(18)19-9-20-15(12)22/h4-7,9H,8H2,1-3H3,(H,21,24)(H2,18,19,20). The first-order chi connectivity index (χ1) is 11.7. The van der Waals surface area contributed by atoms with Crippen molar-refractivity contribution in [2.24, 2.45) is 0 Å². The van der Waals surface area contributed by atoms with Gasteiger partial charge in [-0.1, -0.05) is 6.07 Å². The second-order valence-electron chi connectivity index (χ2n) is 6.64. The fourth-order valence-corrected chi connectivity index (χ4v) is 2.54. The molecule has 2 aromatic rings. The Balaban J connectivity index is 1.87. The van der Waals surface area contributed by atoms with Crippen LogP contribution in [-0.4, -0.2) is 27.6 Å². The molecule has 25 heavy (non-hydrogen) atoms. The molecule has 0 saturated carbocycles. The summed E-state index contributed by atoms with van der Waals surface area (Å²) in [4.78, 5) is 33.9. The van der Waals surface area contributed by atoms with Crippen molar-refractivity contribution in [2.75, 3.05) is 16.0 Å². The Bertz CT molecular complexity index is 844. The molecule has 3 rings (SSSR count). The van der Waals surface area contributed by atoms with Crippen LogP contribution in [0.25, 0.3) is 0 Å². The normalized spacial score (nSPS) is 13.6. The van der Waals surface area contributed by atoms with Gasteiger partial charge in [0.25, 0.3) is 0 Å². The van der Waals surface area contributed by atoms with E-state index in [1.807, 2.05) is 0 Å². The maximum absolute atomic E-state index is 12.4. The number of hydrogen-bond acceptors (Lipinski definition) is 6. The third kappa shape index (κ3) is 3.52. The lowest BCUT2D eigenvalue weighted by Gasteiger charge is -2.20. The molecule has 2 heterocycles. The minimum absolute atomic E-state index is 0.145. The van der Waals surface area contributed by atoms with Crippen LogP contribution in [0.3, 0.4) is 0 Å². The minimum Gasteiger partial charge on any atom is -0.444 e. The predicted molar refractivity (Wildman–Crippen MR) is 93.6 cm³/mol. The van der Waals surface area contributed by atoms with Gasteiger partial charge < -0.3 is 10.5 Å². The van der Waals surface area contributed by atoms with E-state index in [0.717, 1.165) is 0 Å². The maximum atomic E-state index is 12.4. The van der Waals surface area contributed by atoms with Crippen molar-refractivity contribution in [3.8, 4) is 0 Å². The summed E-state index contributed by atoms with van der Waals surface area (Å²) in [5.74, 6) is 0.604. The second kappa shape index (κ2) is 6.04. The van der Waals surface area contributed by atoms with Crippen molar-refractivity contribution < 1.29 is 14.3 Å². The van der Waals surface area contributed by atoms with E-state index in [2.05, 4.69) is 15.3 Å². The first-order valence-corrected chi connectivity index (χ1v) is 7.77. The van der Waals surface area contributed by atoms with Crippen molar-refractivity contribution in [3.63, 3.8) is 0 Å². The first kappa shape index (κ1) is 16.7. The number of nitrogens with zero attached hydrogens (tertiary/aromatic N) is 3. The summed E-state index contributed by atoms with van der Waals surface area (Å²) in [6.45, 7) is 5.35. The molecule has 1 aliphatic heterocycles. The Kier molecular flexibility index (Phi) is 4.03. The van der Waals surface area contributed by atoms with Crippen LogP contribution in [0.4, 0.5) is 27.8 Å². The van der Waals surface area contributed by atoms with E-state index in [9.17, 15) is 9.59 Å². The minimum atomic E-state index is -0.597. The summed E-state index contributed by atoms with van der Waals surface area (Å²) < 4.78 is 5.23. The van der Waals surface area contributed by atoms with E-state index in [0.29, 0.717) is 28.6 Å². The Hall–Kier alpha value is -3.16. The molecular weight excluding hydrogens is 322 g/mol. The number of nitrogen functional groups attached to an aromatic ring is 1. The largest absolute Gasteiger partial charge is 0.444 e. The molecule has 0 atom stereocenters. The molecule has 1 aliphatic rings. The highest BCUT2D eigenvalue weighted by molar-refractivity contribution is 6.07. The maximum Gasteiger partial charge on any atom is 0.412 e. The number of benzene rings is 1. The zero-order chi connectivity index (χ0) is 18.2. The van der Waals surface area contributed by atoms with Gasteiger partial charge in [0, 0.05) is 11.3 Å². The number of amides is 2. The fourth-order valence-electron chi connectivity index (χ4n) is 2.54. The summed E-state index contributed by atoms with van der Waals surface area (Å²) in [6, 6.07) is 6.88. The van der Waals surface area contributed by atoms with E-state index >= 15 is 0 Å². The summed E-state index contributed by atoms with van der Waals surface area (Å²) >= 11 is 0. The number of carbonyl (C=O) groups is 2. The number of nitrogens with one attached hydrogen (secondary N) is 1. The zero-order valence-electron chi connectivity index (χ0n) is 14.2. The van der Waals surface area contributed by atoms with Gasteiger partial charge in [-0.3, -0.25) is 15.0 Å². The topological polar surface area (TPSA) is 110 Å². The molecule has 8 nitrogen and oxygen atoms in total. The molecule has 130 valence electrons. The zero-order valence-corrected chi connectivity index (χ0v) is 14.2. The molecule has 0 bridgehead atoms. The fraction of sp³-hybridized carbons (Fsp3) is 0.294. The van der Waals surface area contributed by atoms with E-state index in [-0.39, 0.29) is 12.3 Å². The summed E-state index contributed by atoms with van der Waals surface area (Å²) in [5, 5.41) is 2.66. The van der Waals surface area contributed by atoms with Gasteiger partial charge in [0.05, 0.1) is 12.1 Å². The van der Waals surface area contributed by atoms with Gasteiger partial charge in [-0.2, -0.15) is 0 Å². The van der Waals surface area contributed by atoms with Crippen molar-refractivity contribution in [1.82, 2.24) is 9.97 Å². The SMILES string of the molecule is CC(C)(C)OC(=O)Nc1cccc(N2C(=O)Cc3c(N)ncnc32)c1. The van der Waals surface area contributed by atoms with Gasteiger partial charge in [0.2, 0.25) is 5.91 Å². The van der Waals surface area contributed by atoms with Crippen LogP contribution in [0.1, 0.15) is 26.3 Å². The van der Waals surface area contributed by atoms with Crippen molar-refractivity contribution >= 4 is 35.0 Å². The molecule has 0 unspecified atom stereocenters. The molecule has 2 amide bonds. The third-order valence-corrected chi connectivity index (χ3v) is 3.49. The third-order valence-electron chi connectivity index (χ3n) is 3.49. The van der Waals surface area contributed by atoms with Crippen molar-refractivity contribution in [3.05, 3.63) is 36.2 Å². The summed E-state index contributed by atoms with van der Waals surface area (Å²) in [7, 11) is 0. The highest BCUT2D eigenvalue weighted by Crippen LogP contribution is 2.36. The summed E-state index contributed by atoms with van der Waals surface area (Å²) in [6.07, 6.45) is 0.901. The average Bonchev–Trinajstić information content (AvgIpc) is 2.83. The van der Waals surface area contributed by atoms with Gasteiger partial charge in [-0.05, 0) is 39.0 Å². The van der Waals surface area contributed by atoms with Crippen LogP contribution in [0, 0.1) is 0 Å². The number of ether oxygens (including phenoxy) is 1. The van der Waals surface area contributed by atoms with Crippen LogP contribution in [-0.2, 0) is 16.0 Å². The molecular formula is C17H19N5O3. The molecule has 0 radical (unpaired) electrons. The quantitative estimate of drug-likeness (QED) is 0.869. The lowest BCUT2D eigenvalue weighted by atomic mass is 10.2. The number of fused-ring (bicyclic) bond motifs is 1. The van der Waals surface area contributed by atoms with Crippen LogP contribution in [0.15, 0.2) is 30.6 Å². The van der Waals surface area contributed by atoms with Gasteiger partial charge in [-0.15, -0.1) is 0 Å². The average molecular weight is 341 g/mol. The molecule has 0 spiro atoms. The molecule has 3 N–H and O–H groups in total.